The minimum absolute atomic E-state index is 0.135. The Morgan fingerprint density at radius 1 is 1.44 bits per heavy atom. The van der Waals surface area contributed by atoms with E-state index in [0.29, 0.717) is 5.92 Å². The van der Waals surface area contributed by atoms with Gasteiger partial charge in [0, 0.05) is 0 Å². The molecule has 1 saturated carbocycles. The molecule has 1 aliphatic carbocycles. The van der Waals surface area contributed by atoms with Crippen LogP contribution in [0, 0.1) is 5.92 Å². The number of rotatable bonds is 3. The maximum Gasteiger partial charge on any atom is 0.307 e. The summed E-state index contributed by atoms with van der Waals surface area (Å²) in [6.07, 6.45) is 3.93. The first-order chi connectivity index (χ1) is 7.65. The van der Waals surface area contributed by atoms with Gasteiger partial charge in [0.05, 0.1) is 6.42 Å². The minimum Gasteiger partial charge on any atom is -0.481 e. The number of carboxylic acids is 1. The molecule has 0 aromatic heterocycles. The highest BCUT2D eigenvalue weighted by atomic mass is 16.4. The second-order valence-corrected chi connectivity index (χ2v) is 4.93. The average Bonchev–Trinajstić information content (AvgIpc) is 2.64. The van der Waals surface area contributed by atoms with Gasteiger partial charge in [-0.05, 0) is 35.8 Å². The molecule has 1 fully saturated rings. The molecule has 0 amide bonds. The van der Waals surface area contributed by atoms with Crippen molar-refractivity contribution in [1.29, 1.82) is 0 Å². The van der Waals surface area contributed by atoms with E-state index in [4.69, 9.17) is 5.11 Å². The third-order valence-corrected chi connectivity index (χ3v) is 3.47. The zero-order valence-electron chi connectivity index (χ0n) is 9.65. The number of aliphatic carboxylic acids is 1. The van der Waals surface area contributed by atoms with Gasteiger partial charge in [-0.15, -0.1) is 0 Å². The number of benzene rings is 1. The minimum atomic E-state index is -0.753. The molecule has 2 atom stereocenters. The van der Waals surface area contributed by atoms with Crippen molar-refractivity contribution in [3.8, 4) is 0 Å². The molecule has 0 spiro atoms. The summed E-state index contributed by atoms with van der Waals surface area (Å²) < 4.78 is 0. The highest BCUT2D eigenvalue weighted by Crippen LogP contribution is 2.37. The summed E-state index contributed by atoms with van der Waals surface area (Å²) >= 11 is 0. The summed E-state index contributed by atoms with van der Waals surface area (Å²) in [5.74, 6) is 0.703. The van der Waals surface area contributed by atoms with Crippen LogP contribution in [0.25, 0.3) is 0 Å². The Morgan fingerprint density at radius 3 is 2.88 bits per heavy atom. The highest BCUT2D eigenvalue weighted by Gasteiger charge is 2.22. The average molecular weight is 218 g/mol. The lowest BCUT2D eigenvalue weighted by molar-refractivity contribution is -0.136. The van der Waals surface area contributed by atoms with E-state index < -0.39 is 5.97 Å². The van der Waals surface area contributed by atoms with E-state index in [1.807, 2.05) is 12.1 Å². The first-order valence-corrected chi connectivity index (χ1v) is 5.96. The molecule has 1 aromatic rings. The number of hydrogen-bond donors (Lipinski definition) is 1. The predicted octanol–water partition coefficient (Wildman–Crippen LogP) is 3.22. The molecular weight excluding hydrogens is 200 g/mol. The quantitative estimate of drug-likeness (QED) is 0.845. The molecule has 1 N–H and O–H groups in total. The summed E-state index contributed by atoms with van der Waals surface area (Å²) in [6.45, 7) is 2.29. The van der Waals surface area contributed by atoms with Crippen LogP contribution >= 0.6 is 0 Å². The van der Waals surface area contributed by atoms with Crippen LogP contribution < -0.4 is 0 Å². The molecular formula is C14H18O2. The van der Waals surface area contributed by atoms with E-state index in [9.17, 15) is 4.79 Å². The summed E-state index contributed by atoms with van der Waals surface area (Å²) in [5.41, 5.74) is 2.24. The van der Waals surface area contributed by atoms with Crippen molar-refractivity contribution in [1.82, 2.24) is 0 Å². The van der Waals surface area contributed by atoms with Crippen molar-refractivity contribution < 1.29 is 9.90 Å². The van der Waals surface area contributed by atoms with Gasteiger partial charge in [-0.1, -0.05) is 37.6 Å². The first kappa shape index (κ1) is 11.2. The molecule has 1 aliphatic rings. The van der Waals surface area contributed by atoms with E-state index in [1.54, 1.807) is 0 Å². The maximum absolute atomic E-state index is 10.7. The molecule has 0 saturated heterocycles. The molecule has 0 heterocycles. The van der Waals surface area contributed by atoms with Gasteiger partial charge in [-0.2, -0.15) is 0 Å². The van der Waals surface area contributed by atoms with Gasteiger partial charge in [-0.25, -0.2) is 0 Å². The Bertz CT molecular complexity index is 384. The van der Waals surface area contributed by atoms with Crippen molar-refractivity contribution in [3.63, 3.8) is 0 Å². The summed E-state index contributed by atoms with van der Waals surface area (Å²) in [7, 11) is 0. The zero-order valence-corrected chi connectivity index (χ0v) is 9.65. The Balaban J connectivity index is 2.12. The van der Waals surface area contributed by atoms with Crippen molar-refractivity contribution in [2.24, 2.45) is 5.92 Å². The standard InChI is InChI=1S/C14H18O2/c1-10-5-6-13(7-10)12-4-2-3-11(8-12)9-14(15)16/h2-4,8,10,13H,5-7,9H2,1H3,(H,15,16). The number of carbonyl (C=O) groups is 1. The van der Waals surface area contributed by atoms with Crippen LogP contribution in [0.4, 0.5) is 0 Å². The first-order valence-electron chi connectivity index (χ1n) is 5.96. The molecule has 0 radical (unpaired) electrons. The second-order valence-electron chi connectivity index (χ2n) is 4.93. The van der Waals surface area contributed by atoms with Gasteiger partial charge in [-0.3, -0.25) is 4.79 Å². The predicted molar refractivity (Wildman–Crippen MR) is 63.5 cm³/mol. The number of hydrogen-bond acceptors (Lipinski definition) is 1. The molecule has 0 bridgehead atoms. The number of carboxylic acid groups (broad SMARTS) is 1. The van der Waals surface area contributed by atoms with Crippen LogP contribution in [0.1, 0.15) is 43.2 Å². The second kappa shape index (κ2) is 4.69. The van der Waals surface area contributed by atoms with Gasteiger partial charge in [0.2, 0.25) is 0 Å². The van der Waals surface area contributed by atoms with Crippen LogP contribution in [-0.4, -0.2) is 11.1 Å². The van der Waals surface area contributed by atoms with Crippen LogP contribution in [0.5, 0.6) is 0 Å². The van der Waals surface area contributed by atoms with Crippen molar-refractivity contribution in [2.75, 3.05) is 0 Å². The maximum atomic E-state index is 10.7. The van der Waals surface area contributed by atoms with E-state index in [2.05, 4.69) is 19.1 Å². The molecule has 1 aromatic carbocycles. The molecule has 86 valence electrons. The van der Waals surface area contributed by atoms with E-state index >= 15 is 0 Å². The van der Waals surface area contributed by atoms with Crippen LogP contribution in [0.15, 0.2) is 24.3 Å². The van der Waals surface area contributed by atoms with E-state index in [-0.39, 0.29) is 6.42 Å². The fourth-order valence-corrected chi connectivity index (χ4v) is 2.64. The Kier molecular flexibility index (Phi) is 3.28. The fraction of sp³-hybridized carbons (Fsp3) is 0.500. The summed E-state index contributed by atoms with van der Waals surface area (Å²) in [4.78, 5) is 10.7. The monoisotopic (exact) mass is 218 g/mol. The van der Waals surface area contributed by atoms with Gasteiger partial charge in [0.15, 0.2) is 0 Å². The van der Waals surface area contributed by atoms with Gasteiger partial charge < -0.3 is 5.11 Å². The van der Waals surface area contributed by atoms with E-state index in [0.717, 1.165) is 11.5 Å². The summed E-state index contributed by atoms with van der Waals surface area (Å²) in [6, 6.07) is 8.08. The zero-order chi connectivity index (χ0) is 11.5. The van der Waals surface area contributed by atoms with Crippen LogP contribution in [-0.2, 0) is 11.2 Å². The largest absolute Gasteiger partial charge is 0.481 e. The normalized spacial score (nSPS) is 24.6. The fourth-order valence-electron chi connectivity index (χ4n) is 2.64. The smallest absolute Gasteiger partial charge is 0.307 e. The van der Waals surface area contributed by atoms with Crippen molar-refractivity contribution in [2.45, 2.75) is 38.5 Å². The summed E-state index contributed by atoms with van der Waals surface area (Å²) in [5, 5.41) is 8.77. The molecule has 2 unspecified atom stereocenters. The third kappa shape index (κ3) is 2.63. The van der Waals surface area contributed by atoms with Crippen LogP contribution in [0.2, 0.25) is 0 Å². The molecule has 2 heteroatoms. The SMILES string of the molecule is CC1CCC(c2cccc(CC(=O)O)c2)C1. The topological polar surface area (TPSA) is 37.3 Å². The lowest BCUT2D eigenvalue weighted by Gasteiger charge is -2.11. The van der Waals surface area contributed by atoms with Crippen molar-refractivity contribution >= 4 is 5.97 Å². The van der Waals surface area contributed by atoms with Gasteiger partial charge in [0.1, 0.15) is 0 Å². The Morgan fingerprint density at radius 2 is 2.25 bits per heavy atom. The highest BCUT2D eigenvalue weighted by molar-refractivity contribution is 5.70. The van der Waals surface area contributed by atoms with E-state index in [1.165, 1.54) is 24.8 Å². The molecule has 2 rings (SSSR count). The molecule has 2 nitrogen and oxygen atoms in total. The molecule has 0 aliphatic heterocycles. The lowest BCUT2D eigenvalue weighted by Crippen LogP contribution is -2.01. The Labute approximate surface area is 96.3 Å². The van der Waals surface area contributed by atoms with Gasteiger partial charge in [0.25, 0.3) is 0 Å². The van der Waals surface area contributed by atoms with Crippen LogP contribution in [0.3, 0.4) is 0 Å². The third-order valence-electron chi connectivity index (χ3n) is 3.47. The van der Waals surface area contributed by atoms with Crippen molar-refractivity contribution in [3.05, 3.63) is 35.4 Å². The Hall–Kier alpha value is -1.31. The van der Waals surface area contributed by atoms with Gasteiger partial charge >= 0.3 is 5.97 Å². The lowest BCUT2D eigenvalue weighted by atomic mass is 9.94. The molecule has 16 heavy (non-hydrogen) atoms.